The summed E-state index contributed by atoms with van der Waals surface area (Å²) in [7, 11) is 0. The van der Waals surface area contributed by atoms with Crippen molar-refractivity contribution in [2.24, 2.45) is 0 Å². The van der Waals surface area contributed by atoms with Gasteiger partial charge in [0, 0.05) is 17.0 Å². The van der Waals surface area contributed by atoms with Gasteiger partial charge in [-0.2, -0.15) is 0 Å². The summed E-state index contributed by atoms with van der Waals surface area (Å²) in [5, 5.41) is 3.10. The van der Waals surface area contributed by atoms with Crippen molar-refractivity contribution in [3.8, 4) is 0 Å². The van der Waals surface area contributed by atoms with Gasteiger partial charge in [0.2, 0.25) is 0 Å². The zero-order chi connectivity index (χ0) is 20.6. The molecule has 0 saturated carbocycles. The Bertz CT molecular complexity index is 968. The maximum Gasteiger partial charge on any atom is 0.329 e. The molecule has 3 aromatic rings. The minimum absolute atomic E-state index is 0.0769. The van der Waals surface area contributed by atoms with E-state index in [9.17, 15) is 14.4 Å². The standard InChI is InChI=1S/C22H18ClNO5/c23-17-10-8-16(9-11-17)19(25)14-29-22(27)18(13-15-5-2-1-3-6-15)24-21(26)20-7-4-12-28-20/h1-12,18H,13-14H2,(H,24,26)/t18-/m0/s1. The number of ether oxygens (including phenoxy) is 1. The minimum Gasteiger partial charge on any atom is -0.459 e. The molecule has 3 rings (SSSR count). The van der Waals surface area contributed by atoms with Crippen LogP contribution < -0.4 is 5.32 Å². The van der Waals surface area contributed by atoms with Crippen molar-refractivity contribution in [1.29, 1.82) is 0 Å². The molecule has 1 atom stereocenters. The molecule has 7 heteroatoms. The van der Waals surface area contributed by atoms with Crippen LogP contribution in [0.2, 0.25) is 5.02 Å². The van der Waals surface area contributed by atoms with E-state index in [-0.39, 0.29) is 18.0 Å². The second-order valence-electron chi connectivity index (χ2n) is 6.23. The molecule has 0 unspecified atom stereocenters. The summed E-state index contributed by atoms with van der Waals surface area (Å²) in [6, 6.07) is 17.5. The van der Waals surface area contributed by atoms with Crippen molar-refractivity contribution in [2.45, 2.75) is 12.5 Å². The Kier molecular flexibility index (Phi) is 6.81. The Hall–Kier alpha value is -3.38. The average Bonchev–Trinajstić information content (AvgIpc) is 3.27. The van der Waals surface area contributed by atoms with Gasteiger partial charge in [-0.15, -0.1) is 0 Å². The van der Waals surface area contributed by atoms with Gasteiger partial charge in [-0.1, -0.05) is 41.9 Å². The van der Waals surface area contributed by atoms with Gasteiger partial charge in [-0.3, -0.25) is 9.59 Å². The number of carbonyl (C=O) groups excluding carboxylic acids is 3. The zero-order valence-corrected chi connectivity index (χ0v) is 16.1. The molecule has 0 fully saturated rings. The lowest BCUT2D eigenvalue weighted by Crippen LogP contribution is -2.43. The molecule has 1 amide bonds. The van der Waals surface area contributed by atoms with Crippen LogP contribution in [0.15, 0.2) is 77.4 Å². The number of rotatable bonds is 8. The number of hydrogen-bond donors (Lipinski definition) is 1. The molecule has 1 aromatic heterocycles. The number of esters is 1. The summed E-state index contributed by atoms with van der Waals surface area (Å²) in [5.41, 5.74) is 1.21. The van der Waals surface area contributed by atoms with Crippen molar-refractivity contribution in [3.63, 3.8) is 0 Å². The number of amides is 1. The minimum atomic E-state index is -0.979. The molecule has 0 bridgehead atoms. The van der Waals surface area contributed by atoms with Crippen LogP contribution >= 0.6 is 11.6 Å². The Balaban J connectivity index is 1.66. The normalized spacial score (nSPS) is 11.5. The molecule has 148 valence electrons. The van der Waals surface area contributed by atoms with E-state index in [2.05, 4.69) is 5.32 Å². The first kappa shape index (κ1) is 20.4. The third-order valence-corrected chi connectivity index (χ3v) is 4.38. The molecule has 0 aliphatic heterocycles. The molecule has 0 aliphatic carbocycles. The fourth-order valence-electron chi connectivity index (χ4n) is 2.64. The Morgan fingerprint density at radius 3 is 2.34 bits per heavy atom. The van der Waals surface area contributed by atoms with Gasteiger partial charge < -0.3 is 14.5 Å². The van der Waals surface area contributed by atoms with Crippen LogP contribution in [0.25, 0.3) is 0 Å². The van der Waals surface area contributed by atoms with Gasteiger partial charge in [-0.05, 0) is 42.0 Å². The second-order valence-corrected chi connectivity index (χ2v) is 6.67. The smallest absolute Gasteiger partial charge is 0.329 e. The van der Waals surface area contributed by atoms with Crippen molar-refractivity contribution < 1.29 is 23.5 Å². The lowest BCUT2D eigenvalue weighted by atomic mass is 10.1. The number of benzene rings is 2. The molecule has 1 N–H and O–H groups in total. The highest BCUT2D eigenvalue weighted by Crippen LogP contribution is 2.11. The SMILES string of the molecule is O=C(COC(=O)[C@H](Cc1ccccc1)NC(=O)c1ccco1)c1ccc(Cl)cc1. The van der Waals surface area contributed by atoms with Crippen LogP contribution in [0.5, 0.6) is 0 Å². The van der Waals surface area contributed by atoms with Gasteiger partial charge in [0.05, 0.1) is 6.26 Å². The molecule has 29 heavy (non-hydrogen) atoms. The Labute approximate surface area is 172 Å². The molecule has 6 nitrogen and oxygen atoms in total. The Morgan fingerprint density at radius 1 is 0.966 bits per heavy atom. The van der Waals surface area contributed by atoms with Crippen LogP contribution in [0.4, 0.5) is 0 Å². The first-order valence-corrected chi connectivity index (χ1v) is 9.24. The summed E-state index contributed by atoms with van der Waals surface area (Å²) in [6.45, 7) is -0.442. The number of furan rings is 1. The van der Waals surface area contributed by atoms with E-state index in [0.717, 1.165) is 5.56 Å². The summed E-state index contributed by atoms with van der Waals surface area (Å²) < 4.78 is 10.2. The van der Waals surface area contributed by atoms with E-state index in [0.29, 0.717) is 10.6 Å². The molecule has 1 heterocycles. The van der Waals surface area contributed by atoms with Crippen molar-refractivity contribution >= 4 is 29.3 Å². The van der Waals surface area contributed by atoms with E-state index in [1.807, 2.05) is 30.3 Å². The van der Waals surface area contributed by atoms with E-state index in [1.54, 1.807) is 30.3 Å². The number of ketones is 1. The fraction of sp³-hybridized carbons (Fsp3) is 0.136. The summed E-state index contributed by atoms with van der Waals surface area (Å²) >= 11 is 5.81. The lowest BCUT2D eigenvalue weighted by Gasteiger charge is -2.17. The Morgan fingerprint density at radius 2 is 1.69 bits per heavy atom. The van der Waals surface area contributed by atoms with Crippen molar-refractivity contribution in [1.82, 2.24) is 5.32 Å². The third-order valence-electron chi connectivity index (χ3n) is 4.13. The second kappa shape index (κ2) is 9.71. The highest BCUT2D eigenvalue weighted by molar-refractivity contribution is 6.30. The molecular weight excluding hydrogens is 394 g/mol. The lowest BCUT2D eigenvalue weighted by molar-refractivity contribution is -0.144. The van der Waals surface area contributed by atoms with E-state index < -0.39 is 24.5 Å². The van der Waals surface area contributed by atoms with Gasteiger partial charge >= 0.3 is 5.97 Å². The van der Waals surface area contributed by atoms with Gasteiger partial charge in [0.25, 0.3) is 5.91 Å². The number of halogens is 1. The maximum absolute atomic E-state index is 12.6. The van der Waals surface area contributed by atoms with Crippen molar-refractivity contribution in [3.05, 3.63) is 94.9 Å². The number of carbonyl (C=O) groups is 3. The van der Waals surface area contributed by atoms with Crippen molar-refractivity contribution in [2.75, 3.05) is 6.61 Å². The molecule has 0 saturated heterocycles. The van der Waals surface area contributed by atoms with Crippen LogP contribution in [0, 0.1) is 0 Å². The summed E-state index contributed by atoms with van der Waals surface area (Å²) in [6.07, 6.45) is 1.57. The number of nitrogens with one attached hydrogen (secondary N) is 1. The van der Waals surface area contributed by atoms with Crippen LogP contribution in [-0.2, 0) is 16.0 Å². The summed E-state index contributed by atoms with van der Waals surface area (Å²) in [5.74, 6) is -1.55. The highest BCUT2D eigenvalue weighted by atomic mass is 35.5. The van der Waals surface area contributed by atoms with Gasteiger partial charge in [-0.25, -0.2) is 4.79 Å². The maximum atomic E-state index is 12.6. The largest absolute Gasteiger partial charge is 0.459 e. The van der Waals surface area contributed by atoms with E-state index in [1.165, 1.54) is 12.3 Å². The van der Waals surface area contributed by atoms with Gasteiger partial charge in [0.15, 0.2) is 18.2 Å². The van der Waals surface area contributed by atoms with Gasteiger partial charge in [0.1, 0.15) is 6.04 Å². The number of hydrogen-bond acceptors (Lipinski definition) is 5. The first-order valence-electron chi connectivity index (χ1n) is 8.86. The third kappa shape index (κ3) is 5.80. The quantitative estimate of drug-likeness (QED) is 0.451. The van der Waals surface area contributed by atoms with E-state index >= 15 is 0 Å². The molecule has 2 aromatic carbocycles. The monoisotopic (exact) mass is 411 g/mol. The average molecular weight is 412 g/mol. The predicted molar refractivity (Wildman–Crippen MR) is 107 cm³/mol. The molecule has 0 spiro atoms. The number of Topliss-reactive ketones (excluding diaryl/α,β-unsaturated/α-hetero) is 1. The molecular formula is C22H18ClNO5. The van der Waals surface area contributed by atoms with Crippen LogP contribution in [-0.4, -0.2) is 30.3 Å². The highest BCUT2D eigenvalue weighted by Gasteiger charge is 2.25. The molecule has 0 aliphatic rings. The summed E-state index contributed by atoms with van der Waals surface area (Å²) in [4.78, 5) is 37.1. The predicted octanol–water partition coefficient (Wildman–Crippen LogP) is 3.70. The zero-order valence-electron chi connectivity index (χ0n) is 15.3. The fourth-order valence-corrected chi connectivity index (χ4v) is 2.76. The molecule has 0 radical (unpaired) electrons. The topological polar surface area (TPSA) is 85.6 Å². The first-order chi connectivity index (χ1) is 14.0. The van der Waals surface area contributed by atoms with E-state index in [4.69, 9.17) is 20.8 Å². The van der Waals surface area contributed by atoms with Crippen LogP contribution in [0.1, 0.15) is 26.5 Å². The van der Waals surface area contributed by atoms with Crippen LogP contribution in [0.3, 0.4) is 0 Å².